The summed E-state index contributed by atoms with van der Waals surface area (Å²) in [6, 6.07) is 13.4. The van der Waals surface area contributed by atoms with E-state index in [9.17, 15) is 18.0 Å². The van der Waals surface area contributed by atoms with E-state index in [0.29, 0.717) is 29.9 Å². The van der Waals surface area contributed by atoms with Crippen molar-refractivity contribution in [1.82, 2.24) is 10.6 Å². The summed E-state index contributed by atoms with van der Waals surface area (Å²) >= 11 is 0. The Morgan fingerprint density at radius 2 is 1.71 bits per heavy atom. The Balaban J connectivity index is 1.49. The summed E-state index contributed by atoms with van der Waals surface area (Å²) in [7, 11) is -3.53. The zero-order valence-corrected chi connectivity index (χ0v) is 18.8. The lowest BCUT2D eigenvalue weighted by molar-refractivity contribution is 0.0919. The van der Waals surface area contributed by atoms with Crippen molar-refractivity contribution in [2.45, 2.75) is 32.7 Å². The third kappa shape index (κ3) is 5.97. The summed E-state index contributed by atoms with van der Waals surface area (Å²) in [5.41, 5.74) is 2.36. The van der Waals surface area contributed by atoms with Gasteiger partial charge in [-0.2, -0.15) is 0 Å². The Bertz CT molecular complexity index is 1060. The highest BCUT2D eigenvalue weighted by Crippen LogP contribution is 2.29. The Kier molecular flexibility index (Phi) is 6.54. The van der Waals surface area contributed by atoms with Crippen molar-refractivity contribution in [1.29, 1.82) is 0 Å². The van der Waals surface area contributed by atoms with Gasteiger partial charge in [-0.15, -0.1) is 0 Å². The lowest BCUT2D eigenvalue weighted by atomic mass is 10.1. The maximum Gasteiger partial charge on any atom is 0.319 e. The largest absolute Gasteiger partial charge is 0.347 e. The van der Waals surface area contributed by atoms with Crippen LogP contribution in [0.5, 0.6) is 0 Å². The van der Waals surface area contributed by atoms with Crippen LogP contribution in [0.2, 0.25) is 0 Å². The van der Waals surface area contributed by atoms with Crippen LogP contribution in [0.25, 0.3) is 0 Å². The number of nitrogens with one attached hydrogen (secondary N) is 3. The van der Waals surface area contributed by atoms with Crippen molar-refractivity contribution in [3.05, 3.63) is 59.7 Å². The van der Waals surface area contributed by atoms with Crippen LogP contribution in [-0.4, -0.2) is 44.7 Å². The molecule has 0 aliphatic carbocycles. The quantitative estimate of drug-likeness (QED) is 0.637. The van der Waals surface area contributed by atoms with Gasteiger partial charge in [-0.05, 0) is 63.1 Å². The average Bonchev–Trinajstić information content (AvgIpc) is 3.12. The van der Waals surface area contributed by atoms with E-state index in [2.05, 4.69) is 16.0 Å². The van der Waals surface area contributed by atoms with Crippen LogP contribution in [-0.2, 0) is 16.4 Å². The second-order valence-corrected chi connectivity index (χ2v) is 10.4. The van der Waals surface area contributed by atoms with Crippen molar-refractivity contribution in [3.63, 3.8) is 0 Å². The predicted molar refractivity (Wildman–Crippen MR) is 122 cm³/mol. The molecule has 0 aromatic heterocycles. The summed E-state index contributed by atoms with van der Waals surface area (Å²) in [5.74, 6) is -0.391. The number of fused-ring (bicyclic) bond motifs is 1. The third-order valence-corrected chi connectivity index (χ3v) is 6.49. The van der Waals surface area contributed by atoms with E-state index in [0.717, 1.165) is 5.56 Å². The lowest BCUT2D eigenvalue weighted by Crippen LogP contribution is -2.40. The van der Waals surface area contributed by atoms with E-state index in [1.165, 1.54) is 4.31 Å². The second kappa shape index (κ2) is 8.97. The van der Waals surface area contributed by atoms with Gasteiger partial charge >= 0.3 is 6.03 Å². The van der Waals surface area contributed by atoms with E-state index in [4.69, 9.17) is 0 Å². The smallest absolute Gasteiger partial charge is 0.319 e. The fraction of sp³-hybridized carbons (Fsp3) is 0.364. The molecule has 0 saturated carbocycles. The summed E-state index contributed by atoms with van der Waals surface area (Å²) in [6.07, 6.45) is 0.688. The van der Waals surface area contributed by atoms with Gasteiger partial charge in [0.2, 0.25) is 10.0 Å². The minimum atomic E-state index is -3.53. The van der Waals surface area contributed by atoms with Gasteiger partial charge in [0, 0.05) is 29.9 Å². The Morgan fingerprint density at radius 1 is 1.03 bits per heavy atom. The van der Waals surface area contributed by atoms with Crippen LogP contribution in [0.1, 0.15) is 36.7 Å². The summed E-state index contributed by atoms with van der Waals surface area (Å²) < 4.78 is 26.7. The van der Waals surface area contributed by atoms with Gasteiger partial charge in [0.1, 0.15) is 0 Å². The Labute approximate surface area is 183 Å². The second-order valence-electron chi connectivity index (χ2n) is 8.43. The van der Waals surface area contributed by atoms with Gasteiger partial charge in [-0.1, -0.05) is 18.2 Å². The van der Waals surface area contributed by atoms with E-state index < -0.39 is 16.1 Å². The molecule has 166 valence electrons. The van der Waals surface area contributed by atoms with Crippen molar-refractivity contribution in [3.8, 4) is 0 Å². The van der Waals surface area contributed by atoms with Crippen LogP contribution in [0.3, 0.4) is 0 Å². The number of para-hydroxylation sites is 1. The molecule has 8 nitrogen and oxygen atoms in total. The molecule has 1 aliphatic heterocycles. The highest BCUT2D eigenvalue weighted by Gasteiger charge is 2.28. The molecule has 3 N–H and O–H groups in total. The van der Waals surface area contributed by atoms with Gasteiger partial charge in [0.15, 0.2) is 0 Å². The molecule has 0 fully saturated rings. The number of hydrogen-bond donors (Lipinski definition) is 3. The number of amides is 3. The first-order valence-corrected chi connectivity index (χ1v) is 11.7. The number of urea groups is 1. The number of rotatable bonds is 6. The molecule has 31 heavy (non-hydrogen) atoms. The highest BCUT2D eigenvalue weighted by molar-refractivity contribution is 7.92. The molecule has 2 aromatic rings. The van der Waals surface area contributed by atoms with E-state index in [1.54, 1.807) is 30.3 Å². The number of carbonyl (C=O) groups excluding carboxylic acids is 2. The normalized spacial score (nSPS) is 13.5. The number of nitrogens with zero attached hydrogens (tertiary/aromatic N) is 1. The number of anilines is 2. The van der Waals surface area contributed by atoms with Crippen molar-refractivity contribution in [2.75, 3.05) is 28.5 Å². The molecule has 0 saturated heterocycles. The Hall–Kier alpha value is -3.07. The fourth-order valence-corrected chi connectivity index (χ4v) is 4.72. The van der Waals surface area contributed by atoms with Gasteiger partial charge in [0.25, 0.3) is 5.91 Å². The zero-order chi connectivity index (χ0) is 22.6. The molecule has 0 bridgehead atoms. The van der Waals surface area contributed by atoms with Crippen molar-refractivity contribution in [2.24, 2.45) is 0 Å². The van der Waals surface area contributed by atoms with Crippen LogP contribution in [0.4, 0.5) is 16.2 Å². The van der Waals surface area contributed by atoms with Crippen LogP contribution < -0.4 is 20.3 Å². The first kappa shape index (κ1) is 22.6. The van der Waals surface area contributed by atoms with Gasteiger partial charge in [0.05, 0.1) is 11.4 Å². The maximum absolute atomic E-state index is 12.7. The number of carbonyl (C=O) groups is 2. The van der Waals surface area contributed by atoms with Gasteiger partial charge in [-0.25, -0.2) is 13.2 Å². The van der Waals surface area contributed by atoms with Crippen LogP contribution in [0.15, 0.2) is 48.5 Å². The van der Waals surface area contributed by atoms with E-state index in [1.807, 2.05) is 39.0 Å². The molecule has 0 atom stereocenters. The molecule has 3 rings (SSSR count). The molecular formula is C22H28N4O4S. The van der Waals surface area contributed by atoms with Crippen molar-refractivity contribution < 1.29 is 18.0 Å². The van der Waals surface area contributed by atoms with E-state index in [-0.39, 0.29) is 23.7 Å². The molecule has 9 heteroatoms. The van der Waals surface area contributed by atoms with E-state index >= 15 is 0 Å². The topological polar surface area (TPSA) is 108 Å². The molecule has 0 radical (unpaired) electrons. The van der Waals surface area contributed by atoms with Gasteiger partial charge < -0.3 is 16.0 Å². The molecule has 2 aromatic carbocycles. The highest BCUT2D eigenvalue weighted by atomic mass is 32.2. The van der Waals surface area contributed by atoms with Gasteiger partial charge in [-0.3, -0.25) is 9.10 Å². The number of hydrogen-bond acceptors (Lipinski definition) is 4. The minimum Gasteiger partial charge on any atom is -0.347 e. The Morgan fingerprint density at radius 3 is 2.39 bits per heavy atom. The molecule has 0 spiro atoms. The standard InChI is InChI=1S/C22H28N4O4S/c1-22(2,3)25-20(27)17-8-10-18(11-9-17)24-21(28)23-13-15-31(29,30)26-14-12-16-6-4-5-7-19(16)26/h4-11H,12-15H2,1-3H3,(H,25,27)(H2,23,24,28). The average molecular weight is 445 g/mol. The maximum atomic E-state index is 12.7. The monoisotopic (exact) mass is 444 g/mol. The molecule has 3 amide bonds. The van der Waals surface area contributed by atoms with Crippen LogP contribution >= 0.6 is 0 Å². The third-order valence-electron chi connectivity index (χ3n) is 4.72. The first-order chi connectivity index (χ1) is 14.5. The molecule has 0 unspecified atom stereocenters. The summed E-state index contributed by atoms with van der Waals surface area (Å²) in [6.45, 7) is 6.09. The predicted octanol–water partition coefficient (Wildman–Crippen LogP) is 2.73. The SMILES string of the molecule is CC(C)(C)NC(=O)c1ccc(NC(=O)NCCS(=O)(=O)N2CCc3ccccc32)cc1. The van der Waals surface area contributed by atoms with Crippen LogP contribution in [0, 0.1) is 0 Å². The molecule has 1 heterocycles. The number of benzene rings is 2. The van der Waals surface area contributed by atoms with Crippen molar-refractivity contribution >= 4 is 33.3 Å². The summed E-state index contributed by atoms with van der Waals surface area (Å²) in [5, 5.41) is 8.07. The molecule has 1 aliphatic rings. The first-order valence-electron chi connectivity index (χ1n) is 10.1. The minimum absolute atomic E-state index is 0.0150. The molecular weight excluding hydrogens is 416 g/mol. The number of sulfonamides is 1. The lowest BCUT2D eigenvalue weighted by Gasteiger charge is -2.20. The fourth-order valence-electron chi connectivity index (χ4n) is 3.29. The summed E-state index contributed by atoms with van der Waals surface area (Å²) in [4.78, 5) is 24.3. The zero-order valence-electron chi connectivity index (χ0n) is 17.9.